The van der Waals surface area contributed by atoms with Crippen LogP contribution in [-0.2, 0) is 16.8 Å². The van der Waals surface area contributed by atoms with Gasteiger partial charge in [0.25, 0.3) is 0 Å². The van der Waals surface area contributed by atoms with Crippen molar-refractivity contribution in [2.75, 3.05) is 13.2 Å². The topological polar surface area (TPSA) is 47.9 Å². The first-order valence-electron chi connectivity index (χ1n) is 6.42. The molecule has 1 fully saturated rings. The zero-order chi connectivity index (χ0) is 13.5. The molecular formula is C14H14ClNO3. The highest BCUT2D eigenvalue weighted by Gasteiger charge is 2.47. The van der Waals surface area contributed by atoms with Gasteiger partial charge < -0.3 is 9.47 Å². The molecule has 0 radical (unpaired) electrons. The molecule has 3 rings (SSSR count). The summed E-state index contributed by atoms with van der Waals surface area (Å²) in [6.07, 6.45) is 4.15. The second-order valence-electron chi connectivity index (χ2n) is 4.83. The van der Waals surface area contributed by atoms with Gasteiger partial charge in [-0.25, -0.2) is 4.79 Å². The van der Waals surface area contributed by atoms with E-state index in [0.717, 1.165) is 30.4 Å². The molecule has 1 saturated carbocycles. The van der Waals surface area contributed by atoms with E-state index < -0.39 is 5.54 Å². The number of halogens is 1. The van der Waals surface area contributed by atoms with Crippen molar-refractivity contribution in [2.24, 2.45) is 4.99 Å². The fourth-order valence-electron chi connectivity index (χ4n) is 2.59. The summed E-state index contributed by atoms with van der Waals surface area (Å²) in [4.78, 5) is 14.6. The first-order valence-corrected chi connectivity index (χ1v) is 6.80. The van der Waals surface area contributed by atoms with Gasteiger partial charge in [0.05, 0.1) is 10.6 Å². The van der Waals surface area contributed by atoms with Crippen LogP contribution < -0.4 is 9.47 Å². The van der Waals surface area contributed by atoms with Crippen molar-refractivity contribution in [3.05, 3.63) is 22.2 Å². The fraction of sp³-hybridized carbons (Fsp3) is 0.500. The molecule has 0 unspecified atom stereocenters. The van der Waals surface area contributed by atoms with E-state index in [0.29, 0.717) is 29.7 Å². The minimum Gasteiger partial charge on any atom is -0.486 e. The molecule has 1 aliphatic carbocycles. The van der Waals surface area contributed by atoms with Crippen LogP contribution in [0, 0.1) is 0 Å². The third-order valence-electron chi connectivity index (χ3n) is 3.71. The van der Waals surface area contributed by atoms with Crippen LogP contribution in [0.2, 0.25) is 5.02 Å². The lowest BCUT2D eigenvalue weighted by atomic mass is 9.96. The van der Waals surface area contributed by atoms with Crippen LogP contribution in [0.4, 0.5) is 0 Å². The predicted molar refractivity (Wildman–Crippen MR) is 70.9 cm³/mol. The Labute approximate surface area is 116 Å². The van der Waals surface area contributed by atoms with Crippen molar-refractivity contribution in [1.82, 2.24) is 0 Å². The highest BCUT2D eigenvalue weighted by atomic mass is 35.5. The molecule has 5 heteroatoms. The summed E-state index contributed by atoms with van der Waals surface area (Å²) < 4.78 is 11.2. The van der Waals surface area contributed by atoms with Gasteiger partial charge in [-0.3, -0.25) is 0 Å². The Morgan fingerprint density at radius 1 is 1.42 bits per heavy atom. The normalized spacial score (nSPS) is 18.6. The van der Waals surface area contributed by atoms with Gasteiger partial charge in [0, 0.05) is 0 Å². The van der Waals surface area contributed by atoms with Gasteiger partial charge in [-0.05, 0) is 36.5 Å². The van der Waals surface area contributed by atoms with E-state index in [4.69, 9.17) is 21.1 Å². The maximum Gasteiger partial charge on any atom is 0.235 e. The standard InChI is InChI=1S/C14H14ClNO3/c1-2-9-10(14(3-4-14)16-8-17)7-11-13(12(9)15)19-6-5-18-11/h7H,2-6H2,1H3. The largest absolute Gasteiger partial charge is 0.486 e. The molecule has 1 heterocycles. The maximum atomic E-state index is 10.6. The third kappa shape index (κ3) is 1.92. The Morgan fingerprint density at radius 3 is 2.79 bits per heavy atom. The lowest BCUT2D eigenvalue weighted by Crippen LogP contribution is -2.18. The van der Waals surface area contributed by atoms with Crippen LogP contribution in [0.5, 0.6) is 11.5 Å². The van der Waals surface area contributed by atoms with Crippen molar-refractivity contribution in [3.63, 3.8) is 0 Å². The number of hydrogen-bond acceptors (Lipinski definition) is 4. The van der Waals surface area contributed by atoms with Gasteiger partial charge in [0.2, 0.25) is 6.08 Å². The second kappa shape index (κ2) is 4.55. The zero-order valence-electron chi connectivity index (χ0n) is 10.7. The molecule has 1 aliphatic heterocycles. The van der Waals surface area contributed by atoms with Gasteiger partial charge in [-0.2, -0.15) is 4.99 Å². The molecule has 0 amide bonds. The summed E-state index contributed by atoms with van der Waals surface area (Å²) in [6.45, 7) is 3.05. The zero-order valence-corrected chi connectivity index (χ0v) is 11.4. The lowest BCUT2D eigenvalue weighted by Gasteiger charge is -2.24. The quantitative estimate of drug-likeness (QED) is 0.631. The smallest absolute Gasteiger partial charge is 0.235 e. The Kier molecular flexibility index (Phi) is 3.00. The molecule has 0 atom stereocenters. The number of fused-ring (bicyclic) bond motifs is 1. The van der Waals surface area contributed by atoms with Crippen LogP contribution in [-0.4, -0.2) is 19.3 Å². The molecule has 2 aliphatic rings. The van der Waals surface area contributed by atoms with Crippen molar-refractivity contribution >= 4 is 17.7 Å². The first kappa shape index (κ1) is 12.5. The molecule has 19 heavy (non-hydrogen) atoms. The first-order chi connectivity index (χ1) is 9.22. The van der Waals surface area contributed by atoms with E-state index in [2.05, 4.69) is 4.99 Å². The highest BCUT2D eigenvalue weighted by molar-refractivity contribution is 6.33. The van der Waals surface area contributed by atoms with Crippen molar-refractivity contribution in [2.45, 2.75) is 31.7 Å². The summed E-state index contributed by atoms with van der Waals surface area (Å²) in [5, 5.41) is 0.585. The molecule has 0 N–H and O–H groups in total. The Morgan fingerprint density at radius 2 is 2.16 bits per heavy atom. The highest BCUT2D eigenvalue weighted by Crippen LogP contribution is 2.54. The molecule has 0 aromatic heterocycles. The maximum absolute atomic E-state index is 10.6. The van der Waals surface area contributed by atoms with Gasteiger partial charge in [-0.1, -0.05) is 18.5 Å². The number of nitrogens with zero attached hydrogens (tertiary/aromatic N) is 1. The average Bonchev–Trinajstić information content (AvgIpc) is 3.20. The van der Waals surface area contributed by atoms with Crippen LogP contribution in [0.1, 0.15) is 30.9 Å². The summed E-state index contributed by atoms with van der Waals surface area (Å²) >= 11 is 6.42. The number of rotatable bonds is 3. The Bertz CT molecular complexity index is 575. The average molecular weight is 280 g/mol. The van der Waals surface area contributed by atoms with Crippen LogP contribution in [0.15, 0.2) is 11.1 Å². The fourth-order valence-corrected chi connectivity index (χ4v) is 2.98. The molecule has 4 nitrogen and oxygen atoms in total. The van der Waals surface area contributed by atoms with Crippen molar-refractivity contribution in [1.29, 1.82) is 0 Å². The monoisotopic (exact) mass is 279 g/mol. The van der Waals surface area contributed by atoms with Crippen LogP contribution >= 0.6 is 11.6 Å². The summed E-state index contributed by atoms with van der Waals surface area (Å²) in [5.41, 5.74) is 1.53. The minimum absolute atomic E-state index is 0.438. The van der Waals surface area contributed by atoms with E-state index in [9.17, 15) is 4.79 Å². The predicted octanol–water partition coefficient (Wildman–Crippen LogP) is 3.00. The number of hydrogen-bond donors (Lipinski definition) is 0. The molecule has 0 spiro atoms. The molecule has 1 aromatic carbocycles. The number of ether oxygens (including phenoxy) is 2. The van der Waals surface area contributed by atoms with Crippen molar-refractivity contribution in [3.8, 4) is 11.5 Å². The molecule has 0 saturated heterocycles. The van der Waals surface area contributed by atoms with E-state index in [-0.39, 0.29) is 0 Å². The third-order valence-corrected chi connectivity index (χ3v) is 4.11. The van der Waals surface area contributed by atoms with Crippen molar-refractivity contribution < 1.29 is 14.3 Å². The van der Waals surface area contributed by atoms with Gasteiger partial charge in [0.1, 0.15) is 13.2 Å². The van der Waals surface area contributed by atoms with Gasteiger partial charge in [0.15, 0.2) is 11.5 Å². The molecule has 0 bridgehead atoms. The number of aliphatic imine (C=N–C) groups is 1. The second-order valence-corrected chi connectivity index (χ2v) is 5.21. The molecule has 1 aromatic rings. The van der Waals surface area contributed by atoms with E-state index >= 15 is 0 Å². The number of isocyanates is 1. The number of benzene rings is 1. The number of carbonyl (C=O) groups excluding carboxylic acids is 1. The molecular weight excluding hydrogens is 266 g/mol. The van der Waals surface area contributed by atoms with Gasteiger partial charge >= 0.3 is 0 Å². The Hall–Kier alpha value is -1.51. The van der Waals surface area contributed by atoms with Crippen LogP contribution in [0.25, 0.3) is 0 Å². The summed E-state index contributed by atoms with van der Waals surface area (Å²) in [6, 6.07) is 1.92. The summed E-state index contributed by atoms with van der Waals surface area (Å²) in [7, 11) is 0. The van der Waals surface area contributed by atoms with Gasteiger partial charge in [-0.15, -0.1) is 0 Å². The molecule has 100 valence electrons. The SMILES string of the molecule is CCc1c(C2(N=C=O)CC2)cc2c(c1Cl)OCCO2. The van der Waals surface area contributed by atoms with Crippen LogP contribution in [0.3, 0.4) is 0 Å². The van der Waals surface area contributed by atoms with E-state index in [1.807, 2.05) is 13.0 Å². The summed E-state index contributed by atoms with van der Waals surface area (Å²) in [5.74, 6) is 1.26. The Balaban J connectivity index is 2.19. The van der Waals surface area contributed by atoms with E-state index in [1.165, 1.54) is 0 Å². The lowest BCUT2D eigenvalue weighted by molar-refractivity contribution is 0.171. The minimum atomic E-state index is -0.438. The van der Waals surface area contributed by atoms with E-state index in [1.54, 1.807) is 6.08 Å².